The highest BCUT2D eigenvalue weighted by Gasteiger charge is 2.13. The van der Waals surface area contributed by atoms with Gasteiger partial charge in [0.05, 0.1) is 13.2 Å². The van der Waals surface area contributed by atoms with E-state index in [0.29, 0.717) is 24.9 Å². The fourth-order valence-electron chi connectivity index (χ4n) is 2.23. The van der Waals surface area contributed by atoms with E-state index in [0.717, 1.165) is 6.42 Å². The molecule has 0 bridgehead atoms. The Kier molecular flexibility index (Phi) is 17.4. The molecule has 1 aromatic heterocycles. The first-order valence-electron chi connectivity index (χ1n) is 10.4. The van der Waals surface area contributed by atoms with Crippen molar-refractivity contribution < 1.29 is 29.3 Å². The van der Waals surface area contributed by atoms with Crippen molar-refractivity contribution in [3.63, 3.8) is 0 Å². The largest absolute Gasteiger partial charge is 0.503 e. The number of esters is 1. The standard InChI is InChI=1S/C11H22O2.C7H8N2O3.C4H10O/c1-5-10(6-2)8-9(4)13-11(12)7-3;1-12-4-2-3-9-5(6(4)10)7(8)11;1-4(2)3-5/h9-10H,5-8H2,1-4H3;2-3,10H,1H3,(H2,8,11);4-5H,3H2,1-2H3. The summed E-state index contributed by atoms with van der Waals surface area (Å²) in [7, 11) is 1.37. The van der Waals surface area contributed by atoms with E-state index in [-0.39, 0.29) is 29.3 Å². The molecule has 1 atom stereocenters. The maximum absolute atomic E-state index is 11.0. The number of pyridine rings is 1. The summed E-state index contributed by atoms with van der Waals surface area (Å²) in [4.78, 5) is 25.2. The number of methoxy groups -OCH3 is 1. The second kappa shape index (κ2) is 17.5. The summed E-state index contributed by atoms with van der Waals surface area (Å²) in [6, 6.07) is 1.43. The van der Waals surface area contributed by atoms with Crippen LogP contribution in [0.3, 0.4) is 0 Å². The molecule has 4 N–H and O–H groups in total. The first kappa shape index (κ1) is 29.8. The number of aliphatic hydroxyl groups excluding tert-OH is 1. The Morgan fingerprint density at radius 2 is 1.70 bits per heavy atom. The number of nitrogens with zero attached hydrogens (tertiary/aromatic N) is 1. The fourth-order valence-corrected chi connectivity index (χ4v) is 2.23. The highest BCUT2D eigenvalue weighted by atomic mass is 16.5. The van der Waals surface area contributed by atoms with Gasteiger partial charge in [-0.3, -0.25) is 9.59 Å². The Hall–Kier alpha value is -2.35. The fraction of sp³-hybridized carbons (Fsp3) is 0.682. The molecule has 1 amide bonds. The van der Waals surface area contributed by atoms with Gasteiger partial charge in [-0.2, -0.15) is 0 Å². The summed E-state index contributed by atoms with van der Waals surface area (Å²) >= 11 is 0. The molecule has 0 saturated heterocycles. The zero-order valence-electron chi connectivity index (χ0n) is 19.5. The molecule has 174 valence electrons. The second-order valence-corrected chi connectivity index (χ2v) is 7.22. The van der Waals surface area contributed by atoms with Crippen molar-refractivity contribution in [3.8, 4) is 11.5 Å². The molecule has 8 nitrogen and oxygen atoms in total. The Balaban J connectivity index is 0. The van der Waals surface area contributed by atoms with E-state index in [1.807, 2.05) is 27.7 Å². The SMILES string of the molecule is CC(C)CO.CCC(=O)OC(C)CC(CC)CC.COc1ccnc(C(N)=O)c1O. The van der Waals surface area contributed by atoms with Crippen LogP contribution in [0, 0.1) is 11.8 Å². The van der Waals surface area contributed by atoms with E-state index in [4.69, 9.17) is 20.3 Å². The summed E-state index contributed by atoms with van der Waals surface area (Å²) in [5.74, 6) is 0.116. The van der Waals surface area contributed by atoms with Crippen LogP contribution in [0.15, 0.2) is 12.3 Å². The molecule has 1 aromatic rings. The number of aromatic nitrogens is 1. The van der Waals surface area contributed by atoms with Crippen LogP contribution in [-0.4, -0.2) is 46.9 Å². The number of aromatic hydroxyl groups is 1. The first-order chi connectivity index (χ1) is 14.1. The van der Waals surface area contributed by atoms with Crippen LogP contribution in [0.25, 0.3) is 0 Å². The van der Waals surface area contributed by atoms with Crippen LogP contribution in [0.5, 0.6) is 11.5 Å². The summed E-state index contributed by atoms with van der Waals surface area (Å²) < 4.78 is 9.93. The summed E-state index contributed by atoms with van der Waals surface area (Å²) in [5.41, 5.74) is 4.74. The minimum absolute atomic E-state index is 0.0809. The number of ether oxygens (including phenoxy) is 2. The number of carbonyl (C=O) groups is 2. The van der Waals surface area contributed by atoms with Crippen molar-refractivity contribution in [1.29, 1.82) is 0 Å². The van der Waals surface area contributed by atoms with E-state index in [2.05, 4.69) is 18.8 Å². The van der Waals surface area contributed by atoms with Gasteiger partial charge < -0.3 is 25.4 Å². The van der Waals surface area contributed by atoms with Crippen molar-refractivity contribution in [2.24, 2.45) is 17.6 Å². The van der Waals surface area contributed by atoms with Crippen molar-refractivity contribution in [1.82, 2.24) is 4.98 Å². The maximum atomic E-state index is 11.0. The van der Waals surface area contributed by atoms with Crippen LogP contribution in [0.1, 0.15) is 77.7 Å². The zero-order valence-corrected chi connectivity index (χ0v) is 19.5. The maximum Gasteiger partial charge on any atom is 0.305 e. The Bertz CT molecular complexity index is 603. The normalized spacial score (nSPS) is 11.0. The molecule has 1 rings (SSSR count). The zero-order chi connectivity index (χ0) is 23.7. The van der Waals surface area contributed by atoms with Gasteiger partial charge in [-0.1, -0.05) is 47.5 Å². The Morgan fingerprint density at radius 1 is 1.17 bits per heavy atom. The topological polar surface area (TPSA) is 132 Å². The van der Waals surface area contributed by atoms with Crippen molar-refractivity contribution in [3.05, 3.63) is 18.0 Å². The number of aliphatic hydroxyl groups is 1. The van der Waals surface area contributed by atoms with Gasteiger partial charge in [0, 0.05) is 25.3 Å². The molecule has 0 radical (unpaired) electrons. The molecule has 0 aliphatic rings. The van der Waals surface area contributed by atoms with E-state index in [1.165, 1.54) is 32.2 Å². The number of hydrogen-bond acceptors (Lipinski definition) is 7. The molecule has 8 heteroatoms. The van der Waals surface area contributed by atoms with Crippen molar-refractivity contribution in [2.45, 2.75) is 73.3 Å². The second-order valence-electron chi connectivity index (χ2n) is 7.22. The van der Waals surface area contributed by atoms with Gasteiger partial charge in [-0.05, 0) is 25.2 Å². The third-order valence-corrected chi connectivity index (χ3v) is 4.15. The first-order valence-corrected chi connectivity index (χ1v) is 10.4. The van der Waals surface area contributed by atoms with Crippen LogP contribution >= 0.6 is 0 Å². The van der Waals surface area contributed by atoms with Gasteiger partial charge in [-0.25, -0.2) is 4.98 Å². The Morgan fingerprint density at radius 3 is 2.07 bits per heavy atom. The van der Waals surface area contributed by atoms with Crippen LogP contribution in [-0.2, 0) is 9.53 Å². The summed E-state index contributed by atoms with van der Waals surface area (Å²) in [6.45, 7) is 12.4. The van der Waals surface area contributed by atoms with Crippen LogP contribution in [0.4, 0.5) is 0 Å². The lowest BCUT2D eigenvalue weighted by atomic mass is 9.97. The van der Waals surface area contributed by atoms with E-state index < -0.39 is 5.91 Å². The number of rotatable bonds is 9. The molecule has 0 aliphatic carbocycles. The number of carbonyl (C=O) groups excluding carboxylic acids is 2. The molecule has 0 aliphatic heterocycles. The summed E-state index contributed by atoms with van der Waals surface area (Å²) in [6.07, 6.45) is 5.23. The average Bonchev–Trinajstić information content (AvgIpc) is 2.72. The van der Waals surface area contributed by atoms with Gasteiger partial charge in [0.1, 0.15) is 0 Å². The van der Waals surface area contributed by atoms with E-state index in [9.17, 15) is 14.7 Å². The quantitative estimate of drug-likeness (QED) is 0.511. The van der Waals surface area contributed by atoms with Gasteiger partial charge in [0.25, 0.3) is 5.91 Å². The summed E-state index contributed by atoms with van der Waals surface area (Å²) in [5, 5.41) is 17.4. The smallest absolute Gasteiger partial charge is 0.305 e. The molecule has 1 unspecified atom stereocenters. The third-order valence-electron chi connectivity index (χ3n) is 4.15. The monoisotopic (exact) mass is 428 g/mol. The Labute approximate surface area is 180 Å². The van der Waals surface area contributed by atoms with Crippen LogP contribution in [0.2, 0.25) is 0 Å². The van der Waals surface area contributed by atoms with Crippen LogP contribution < -0.4 is 10.5 Å². The minimum atomic E-state index is -0.786. The van der Waals surface area contributed by atoms with E-state index >= 15 is 0 Å². The highest BCUT2D eigenvalue weighted by molar-refractivity contribution is 5.94. The highest BCUT2D eigenvalue weighted by Crippen LogP contribution is 2.26. The van der Waals surface area contributed by atoms with Crippen molar-refractivity contribution >= 4 is 11.9 Å². The number of hydrogen-bond donors (Lipinski definition) is 3. The van der Waals surface area contributed by atoms with Gasteiger partial charge in [0.15, 0.2) is 17.2 Å². The van der Waals surface area contributed by atoms with E-state index in [1.54, 1.807) is 0 Å². The molecule has 0 fully saturated rings. The minimum Gasteiger partial charge on any atom is -0.503 e. The van der Waals surface area contributed by atoms with Gasteiger partial charge in [0.2, 0.25) is 0 Å². The van der Waals surface area contributed by atoms with Crippen molar-refractivity contribution in [2.75, 3.05) is 13.7 Å². The molecule has 30 heavy (non-hydrogen) atoms. The molecule has 1 heterocycles. The van der Waals surface area contributed by atoms with Gasteiger partial charge >= 0.3 is 5.97 Å². The predicted octanol–water partition coefficient (Wildman–Crippen LogP) is 3.68. The molecule has 0 aromatic carbocycles. The molecular weight excluding hydrogens is 388 g/mol. The lowest BCUT2D eigenvalue weighted by Crippen LogP contribution is -2.17. The molecule has 0 saturated carbocycles. The number of nitrogens with two attached hydrogens (primary N) is 1. The lowest BCUT2D eigenvalue weighted by Gasteiger charge is -2.18. The lowest BCUT2D eigenvalue weighted by molar-refractivity contribution is -0.148. The molecule has 0 spiro atoms. The number of primary amides is 1. The average molecular weight is 429 g/mol. The molecular formula is C22H40N2O6. The number of amides is 1. The van der Waals surface area contributed by atoms with Gasteiger partial charge in [-0.15, -0.1) is 0 Å². The predicted molar refractivity (Wildman–Crippen MR) is 117 cm³/mol. The third kappa shape index (κ3) is 13.8.